The SMILES string of the molecule is CO[C@@H]1CC[C@H]2CCN(C)C(=O)[C@@H](C)N(C)C(=O)c3cccc(C#N)c3OC[C@@H]1O2. The van der Waals surface area contributed by atoms with Gasteiger partial charge in [-0.2, -0.15) is 5.26 Å². The predicted octanol–water partition coefficient (Wildman–Crippen LogP) is 1.82. The molecule has 162 valence electrons. The van der Waals surface area contributed by atoms with Crippen molar-refractivity contribution in [2.75, 3.05) is 34.4 Å². The van der Waals surface area contributed by atoms with Gasteiger partial charge >= 0.3 is 0 Å². The van der Waals surface area contributed by atoms with E-state index in [0.29, 0.717) is 13.0 Å². The molecule has 1 aromatic rings. The number of carbonyl (C=O) groups excluding carboxylic acids is 2. The molecule has 0 spiro atoms. The number of hydrogen-bond donors (Lipinski definition) is 0. The highest BCUT2D eigenvalue weighted by Gasteiger charge is 2.34. The highest BCUT2D eigenvalue weighted by Crippen LogP contribution is 2.29. The fraction of sp³-hybridized carbons (Fsp3) is 0.591. The van der Waals surface area contributed by atoms with E-state index in [1.165, 1.54) is 4.90 Å². The molecule has 2 amide bonds. The zero-order chi connectivity index (χ0) is 21.8. The van der Waals surface area contributed by atoms with Crippen LogP contribution in [0.1, 0.15) is 42.1 Å². The van der Waals surface area contributed by atoms with Gasteiger partial charge in [0, 0.05) is 27.7 Å². The van der Waals surface area contributed by atoms with E-state index in [-0.39, 0.29) is 53.6 Å². The first-order valence-corrected chi connectivity index (χ1v) is 10.2. The van der Waals surface area contributed by atoms with E-state index >= 15 is 0 Å². The minimum atomic E-state index is -0.651. The van der Waals surface area contributed by atoms with Crippen LogP contribution in [0.4, 0.5) is 0 Å². The molecule has 8 heteroatoms. The summed E-state index contributed by atoms with van der Waals surface area (Å²) in [5.74, 6) is -0.314. The lowest BCUT2D eigenvalue weighted by Gasteiger charge is -2.37. The Hall–Kier alpha value is -2.63. The molecular formula is C22H29N3O5. The molecule has 8 nitrogen and oxygen atoms in total. The Labute approximate surface area is 177 Å². The van der Waals surface area contributed by atoms with E-state index in [1.54, 1.807) is 51.2 Å². The van der Waals surface area contributed by atoms with Crippen LogP contribution in [0.25, 0.3) is 0 Å². The van der Waals surface area contributed by atoms with Crippen LogP contribution >= 0.6 is 0 Å². The van der Waals surface area contributed by atoms with Gasteiger partial charge in [0.15, 0.2) is 0 Å². The quantitative estimate of drug-likeness (QED) is 0.695. The van der Waals surface area contributed by atoms with Crippen molar-refractivity contribution >= 4 is 11.8 Å². The lowest BCUT2D eigenvalue weighted by molar-refractivity contribution is -0.146. The molecule has 1 aromatic carbocycles. The predicted molar refractivity (Wildman–Crippen MR) is 109 cm³/mol. The molecule has 0 saturated carbocycles. The van der Waals surface area contributed by atoms with Crippen molar-refractivity contribution in [2.45, 2.75) is 50.5 Å². The standard InChI is InChI=1S/C22H29N3O5/c1-14-21(26)24(2)11-10-16-8-9-18(28-4)19(30-16)13-29-20-15(12-23)6-5-7-17(20)22(27)25(14)3/h5-7,14,16,18-19H,8-11,13H2,1-4H3/t14-,16+,18-,19+/m1/s1. The highest BCUT2D eigenvalue weighted by atomic mass is 16.6. The molecule has 1 fully saturated rings. The molecular weight excluding hydrogens is 386 g/mol. The Morgan fingerprint density at radius 2 is 1.97 bits per heavy atom. The second kappa shape index (κ2) is 9.45. The fourth-order valence-electron chi connectivity index (χ4n) is 3.98. The van der Waals surface area contributed by atoms with Gasteiger partial charge in [-0.05, 0) is 38.3 Å². The molecule has 30 heavy (non-hydrogen) atoms. The number of fused-ring (bicyclic) bond motifs is 3. The lowest BCUT2D eigenvalue weighted by atomic mass is 9.99. The number of likely N-dealkylation sites (N-methyl/N-ethyl adjacent to an activating group) is 2. The first-order valence-electron chi connectivity index (χ1n) is 10.2. The van der Waals surface area contributed by atoms with Crippen molar-refractivity contribution in [3.63, 3.8) is 0 Å². The number of hydrogen-bond acceptors (Lipinski definition) is 6. The van der Waals surface area contributed by atoms with Crippen LogP contribution in [0.3, 0.4) is 0 Å². The lowest BCUT2D eigenvalue weighted by Crippen LogP contribution is -2.48. The summed E-state index contributed by atoms with van der Waals surface area (Å²) >= 11 is 0. The van der Waals surface area contributed by atoms with Gasteiger partial charge in [0.1, 0.15) is 30.6 Å². The molecule has 4 atom stereocenters. The van der Waals surface area contributed by atoms with Crippen molar-refractivity contribution in [1.29, 1.82) is 5.26 Å². The molecule has 2 aliphatic heterocycles. The maximum absolute atomic E-state index is 13.2. The van der Waals surface area contributed by atoms with Gasteiger partial charge in [0.05, 0.1) is 23.3 Å². The fourth-order valence-corrected chi connectivity index (χ4v) is 3.98. The number of carbonyl (C=O) groups is 2. The second-order valence-corrected chi connectivity index (χ2v) is 7.89. The molecule has 0 unspecified atom stereocenters. The summed E-state index contributed by atoms with van der Waals surface area (Å²) in [5, 5.41) is 9.55. The Bertz CT molecular complexity index is 837. The maximum Gasteiger partial charge on any atom is 0.258 e. The molecule has 0 aliphatic carbocycles. The Kier molecular flexibility index (Phi) is 6.95. The molecule has 2 bridgehead atoms. The second-order valence-electron chi connectivity index (χ2n) is 7.89. The summed E-state index contributed by atoms with van der Waals surface area (Å²) in [7, 11) is 4.97. The third kappa shape index (κ3) is 4.42. The maximum atomic E-state index is 13.2. The zero-order valence-corrected chi connectivity index (χ0v) is 18.0. The summed E-state index contributed by atoms with van der Waals surface area (Å²) in [6.45, 7) is 2.41. The number of para-hydroxylation sites is 1. The van der Waals surface area contributed by atoms with E-state index in [0.717, 1.165) is 12.8 Å². The topological polar surface area (TPSA) is 92.1 Å². The van der Waals surface area contributed by atoms with E-state index in [4.69, 9.17) is 14.2 Å². The Morgan fingerprint density at radius 3 is 2.67 bits per heavy atom. The number of methoxy groups -OCH3 is 1. The van der Waals surface area contributed by atoms with E-state index in [2.05, 4.69) is 6.07 Å². The number of nitrogens with zero attached hydrogens (tertiary/aromatic N) is 3. The van der Waals surface area contributed by atoms with Crippen LogP contribution in [0.5, 0.6) is 5.75 Å². The summed E-state index contributed by atoms with van der Waals surface area (Å²) < 4.78 is 17.8. The third-order valence-electron chi connectivity index (χ3n) is 6.04. The number of benzene rings is 1. The third-order valence-corrected chi connectivity index (χ3v) is 6.04. The van der Waals surface area contributed by atoms with E-state index in [9.17, 15) is 14.9 Å². The van der Waals surface area contributed by atoms with Crippen molar-refractivity contribution in [2.24, 2.45) is 0 Å². The van der Waals surface area contributed by atoms with Crippen LogP contribution in [-0.2, 0) is 14.3 Å². The number of nitriles is 1. The first-order chi connectivity index (χ1) is 14.4. The van der Waals surface area contributed by atoms with Gasteiger partial charge in [-0.15, -0.1) is 0 Å². The molecule has 0 aromatic heterocycles. The summed E-state index contributed by atoms with van der Waals surface area (Å²) in [5.41, 5.74) is 0.510. The van der Waals surface area contributed by atoms with Crippen LogP contribution in [0.15, 0.2) is 18.2 Å². The minimum absolute atomic E-state index is 0.0106. The van der Waals surface area contributed by atoms with Gasteiger partial charge in [-0.25, -0.2) is 0 Å². The van der Waals surface area contributed by atoms with Crippen molar-refractivity contribution in [3.8, 4) is 11.8 Å². The van der Waals surface area contributed by atoms with Crippen LogP contribution in [0.2, 0.25) is 0 Å². The monoisotopic (exact) mass is 415 g/mol. The number of rotatable bonds is 1. The van der Waals surface area contributed by atoms with E-state index in [1.807, 2.05) is 0 Å². The number of amides is 2. The molecule has 2 heterocycles. The minimum Gasteiger partial charge on any atom is -0.489 e. The van der Waals surface area contributed by atoms with Crippen molar-refractivity contribution in [1.82, 2.24) is 9.80 Å². The molecule has 0 radical (unpaired) electrons. The van der Waals surface area contributed by atoms with Crippen LogP contribution < -0.4 is 4.74 Å². The molecule has 3 rings (SSSR count). The smallest absolute Gasteiger partial charge is 0.258 e. The first kappa shape index (κ1) is 22.1. The van der Waals surface area contributed by atoms with Crippen LogP contribution in [-0.4, -0.2) is 80.3 Å². The van der Waals surface area contributed by atoms with Crippen molar-refractivity contribution in [3.05, 3.63) is 29.3 Å². The van der Waals surface area contributed by atoms with Gasteiger partial charge in [0.2, 0.25) is 5.91 Å². The summed E-state index contributed by atoms with van der Waals surface area (Å²) in [6.07, 6.45) is 1.87. The number of ether oxygens (including phenoxy) is 3. The Balaban J connectivity index is 2.00. The van der Waals surface area contributed by atoms with Gasteiger partial charge in [0.25, 0.3) is 5.91 Å². The zero-order valence-electron chi connectivity index (χ0n) is 18.0. The normalized spacial score (nSPS) is 28.2. The molecule has 2 aliphatic rings. The van der Waals surface area contributed by atoms with Gasteiger partial charge in [-0.3, -0.25) is 9.59 Å². The van der Waals surface area contributed by atoms with Crippen LogP contribution in [0, 0.1) is 11.3 Å². The average Bonchev–Trinajstić information content (AvgIpc) is 2.78. The van der Waals surface area contributed by atoms with E-state index < -0.39 is 6.04 Å². The van der Waals surface area contributed by atoms with Crippen molar-refractivity contribution < 1.29 is 23.8 Å². The molecule has 0 N–H and O–H groups in total. The average molecular weight is 415 g/mol. The van der Waals surface area contributed by atoms with Gasteiger partial charge in [-0.1, -0.05) is 6.07 Å². The summed E-state index contributed by atoms with van der Waals surface area (Å²) in [6, 6.07) is 6.30. The summed E-state index contributed by atoms with van der Waals surface area (Å²) in [4.78, 5) is 29.1. The Morgan fingerprint density at radius 1 is 1.20 bits per heavy atom. The van der Waals surface area contributed by atoms with Gasteiger partial charge < -0.3 is 24.0 Å². The molecule has 1 saturated heterocycles. The largest absolute Gasteiger partial charge is 0.489 e. The highest BCUT2D eigenvalue weighted by molar-refractivity contribution is 6.00.